The van der Waals surface area contributed by atoms with E-state index < -0.39 is 0 Å². The minimum Gasteiger partial charge on any atom is -0.491 e. The first-order valence-electron chi connectivity index (χ1n) is 8.80. The Labute approximate surface area is 154 Å². The van der Waals surface area contributed by atoms with Gasteiger partial charge >= 0.3 is 0 Å². The number of benzene rings is 1. The van der Waals surface area contributed by atoms with Gasteiger partial charge in [0.1, 0.15) is 12.4 Å². The molecule has 2 heterocycles. The molecule has 1 aromatic heterocycles. The summed E-state index contributed by atoms with van der Waals surface area (Å²) in [7, 11) is 4.05. The van der Waals surface area contributed by atoms with Gasteiger partial charge in [0.25, 0.3) is 5.91 Å². The number of nitrogens with zero attached hydrogens (tertiary/aromatic N) is 3. The largest absolute Gasteiger partial charge is 0.491 e. The lowest BCUT2D eigenvalue weighted by molar-refractivity contribution is 0.0733. The van der Waals surface area contributed by atoms with Crippen molar-refractivity contribution in [3.63, 3.8) is 0 Å². The fraction of sp³-hybridized carbons (Fsp3) is 0.400. The minimum atomic E-state index is -0.00325. The summed E-state index contributed by atoms with van der Waals surface area (Å²) in [5, 5.41) is 0. The Bertz CT molecular complexity index is 734. The smallest absolute Gasteiger partial charge is 0.254 e. The summed E-state index contributed by atoms with van der Waals surface area (Å²) in [6.07, 6.45) is 3.28. The van der Waals surface area contributed by atoms with Crippen molar-refractivity contribution in [2.45, 2.75) is 13.2 Å². The maximum atomic E-state index is 12.7. The van der Waals surface area contributed by atoms with Gasteiger partial charge in [-0.3, -0.25) is 9.78 Å². The number of hydrogen-bond acceptors (Lipinski definition) is 5. The molecule has 1 amide bonds. The zero-order valence-electron chi connectivity index (χ0n) is 15.4. The number of likely N-dealkylation sites (N-methyl/N-ethyl adjacent to an activating group) is 1. The van der Waals surface area contributed by atoms with Crippen LogP contribution in [-0.2, 0) is 17.9 Å². The second-order valence-corrected chi connectivity index (χ2v) is 6.61. The van der Waals surface area contributed by atoms with Gasteiger partial charge in [0.05, 0.1) is 19.8 Å². The molecule has 0 unspecified atom stereocenters. The standard InChI is InChI=1S/C20H25N3O3/c1-22(2)9-11-25-15-16-3-4-19-18(13-16)14-23(10-12-26-19)20(24)17-5-7-21-8-6-17/h3-8,13H,9-12,14-15H2,1-2H3. The minimum absolute atomic E-state index is 0.00325. The van der Waals surface area contributed by atoms with E-state index >= 15 is 0 Å². The van der Waals surface area contributed by atoms with Crippen LogP contribution in [-0.4, -0.2) is 61.1 Å². The van der Waals surface area contributed by atoms with Crippen LogP contribution in [0.2, 0.25) is 0 Å². The van der Waals surface area contributed by atoms with E-state index in [0.29, 0.717) is 38.5 Å². The van der Waals surface area contributed by atoms with Gasteiger partial charge in [-0.05, 0) is 43.9 Å². The summed E-state index contributed by atoms with van der Waals surface area (Å²) in [5.41, 5.74) is 2.74. The molecule has 2 aromatic rings. The number of carbonyl (C=O) groups excluding carboxylic acids is 1. The molecule has 6 heteroatoms. The molecule has 0 atom stereocenters. The predicted octanol–water partition coefficient (Wildman–Crippen LogP) is 2.19. The Morgan fingerprint density at radius 2 is 2.08 bits per heavy atom. The molecule has 0 spiro atoms. The molecule has 26 heavy (non-hydrogen) atoms. The number of rotatable bonds is 6. The van der Waals surface area contributed by atoms with Gasteiger partial charge in [-0.1, -0.05) is 6.07 Å². The summed E-state index contributed by atoms with van der Waals surface area (Å²) in [4.78, 5) is 20.6. The molecule has 0 radical (unpaired) electrons. The van der Waals surface area contributed by atoms with E-state index in [1.807, 2.05) is 31.1 Å². The maximum absolute atomic E-state index is 12.7. The number of carbonyl (C=O) groups is 1. The first kappa shape index (κ1) is 18.4. The fourth-order valence-electron chi connectivity index (χ4n) is 2.82. The Balaban J connectivity index is 1.68. The van der Waals surface area contributed by atoms with Crippen LogP contribution in [0.3, 0.4) is 0 Å². The van der Waals surface area contributed by atoms with E-state index in [-0.39, 0.29) is 5.91 Å². The van der Waals surface area contributed by atoms with E-state index in [4.69, 9.17) is 9.47 Å². The first-order valence-corrected chi connectivity index (χ1v) is 8.80. The van der Waals surface area contributed by atoms with Crippen molar-refractivity contribution >= 4 is 5.91 Å². The summed E-state index contributed by atoms with van der Waals surface area (Å²) in [5.74, 6) is 0.837. The fourth-order valence-corrected chi connectivity index (χ4v) is 2.82. The number of aromatic nitrogens is 1. The van der Waals surface area contributed by atoms with Gasteiger partial charge in [-0.2, -0.15) is 0 Å². The average molecular weight is 355 g/mol. The van der Waals surface area contributed by atoms with Crippen LogP contribution in [0.4, 0.5) is 0 Å². The van der Waals surface area contributed by atoms with Crippen LogP contribution in [0.15, 0.2) is 42.7 Å². The normalized spacial score (nSPS) is 13.9. The summed E-state index contributed by atoms with van der Waals surface area (Å²) in [6.45, 7) is 3.71. The molecule has 1 aliphatic heterocycles. The van der Waals surface area contributed by atoms with Gasteiger partial charge in [0, 0.05) is 36.6 Å². The molecule has 0 aliphatic carbocycles. The van der Waals surface area contributed by atoms with Crippen molar-refractivity contribution in [1.29, 1.82) is 0 Å². The lowest BCUT2D eigenvalue weighted by atomic mass is 10.1. The highest BCUT2D eigenvalue weighted by atomic mass is 16.5. The third kappa shape index (κ3) is 4.80. The first-order chi connectivity index (χ1) is 12.6. The summed E-state index contributed by atoms with van der Waals surface area (Å²) < 4.78 is 11.5. The van der Waals surface area contributed by atoms with Crippen molar-refractivity contribution in [2.24, 2.45) is 0 Å². The lowest BCUT2D eigenvalue weighted by Crippen LogP contribution is -2.32. The summed E-state index contributed by atoms with van der Waals surface area (Å²) in [6, 6.07) is 9.55. The second kappa shape index (κ2) is 8.78. The predicted molar refractivity (Wildman–Crippen MR) is 99.1 cm³/mol. The van der Waals surface area contributed by atoms with Gasteiger partial charge < -0.3 is 19.3 Å². The summed E-state index contributed by atoms with van der Waals surface area (Å²) >= 11 is 0. The van der Waals surface area contributed by atoms with Crippen LogP contribution in [0.5, 0.6) is 5.75 Å². The molecule has 0 saturated carbocycles. The second-order valence-electron chi connectivity index (χ2n) is 6.61. The zero-order valence-corrected chi connectivity index (χ0v) is 15.4. The third-order valence-corrected chi connectivity index (χ3v) is 4.27. The molecule has 1 aromatic carbocycles. The zero-order chi connectivity index (χ0) is 18.4. The molecular formula is C20H25N3O3. The third-order valence-electron chi connectivity index (χ3n) is 4.27. The van der Waals surface area contributed by atoms with E-state index in [2.05, 4.69) is 16.0 Å². The Kier molecular flexibility index (Phi) is 6.20. The van der Waals surface area contributed by atoms with Gasteiger partial charge in [-0.15, -0.1) is 0 Å². The molecule has 0 bridgehead atoms. The van der Waals surface area contributed by atoms with Crippen LogP contribution >= 0.6 is 0 Å². The molecule has 0 N–H and O–H groups in total. The number of pyridine rings is 1. The number of amides is 1. The van der Waals surface area contributed by atoms with Crippen LogP contribution in [0.25, 0.3) is 0 Å². The average Bonchev–Trinajstić information content (AvgIpc) is 2.87. The number of hydrogen-bond donors (Lipinski definition) is 0. The van der Waals surface area contributed by atoms with Crippen LogP contribution in [0, 0.1) is 0 Å². The van der Waals surface area contributed by atoms with Gasteiger partial charge in [0.15, 0.2) is 0 Å². The van der Waals surface area contributed by atoms with Crippen LogP contribution < -0.4 is 4.74 Å². The van der Waals surface area contributed by atoms with Crippen molar-refractivity contribution in [3.8, 4) is 5.75 Å². The Morgan fingerprint density at radius 1 is 1.27 bits per heavy atom. The van der Waals surface area contributed by atoms with E-state index in [9.17, 15) is 4.79 Å². The van der Waals surface area contributed by atoms with E-state index in [0.717, 1.165) is 23.4 Å². The monoisotopic (exact) mass is 355 g/mol. The highest BCUT2D eigenvalue weighted by molar-refractivity contribution is 5.94. The molecule has 0 saturated heterocycles. The highest BCUT2D eigenvalue weighted by Gasteiger charge is 2.21. The molecular weight excluding hydrogens is 330 g/mol. The lowest BCUT2D eigenvalue weighted by Gasteiger charge is -2.20. The maximum Gasteiger partial charge on any atom is 0.254 e. The number of fused-ring (bicyclic) bond motifs is 1. The SMILES string of the molecule is CN(C)CCOCc1ccc2c(c1)CN(C(=O)c1ccncc1)CCO2. The van der Waals surface area contributed by atoms with Gasteiger partial charge in [0.2, 0.25) is 0 Å². The topological polar surface area (TPSA) is 54.9 Å². The molecule has 138 valence electrons. The highest BCUT2D eigenvalue weighted by Crippen LogP contribution is 2.25. The van der Waals surface area contributed by atoms with E-state index in [1.54, 1.807) is 24.5 Å². The molecule has 6 nitrogen and oxygen atoms in total. The molecule has 1 aliphatic rings. The Morgan fingerprint density at radius 3 is 2.85 bits per heavy atom. The van der Waals surface area contributed by atoms with Gasteiger partial charge in [-0.25, -0.2) is 0 Å². The number of ether oxygens (including phenoxy) is 2. The van der Waals surface area contributed by atoms with Crippen molar-refractivity contribution in [3.05, 3.63) is 59.4 Å². The quantitative estimate of drug-likeness (QED) is 0.744. The van der Waals surface area contributed by atoms with Crippen LogP contribution in [0.1, 0.15) is 21.5 Å². The van der Waals surface area contributed by atoms with E-state index in [1.165, 1.54) is 0 Å². The van der Waals surface area contributed by atoms with Crippen molar-refractivity contribution in [2.75, 3.05) is 40.4 Å². The van der Waals surface area contributed by atoms with Crippen molar-refractivity contribution in [1.82, 2.24) is 14.8 Å². The molecule has 0 fully saturated rings. The Hall–Kier alpha value is -2.44. The van der Waals surface area contributed by atoms with Crippen molar-refractivity contribution < 1.29 is 14.3 Å². The molecule has 3 rings (SSSR count).